The van der Waals surface area contributed by atoms with Crippen LogP contribution in [0.2, 0.25) is 0 Å². The number of nitrogens with two attached hydrogens (primary N) is 1. The molecule has 2 heterocycles. The van der Waals surface area contributed by atoms with E-state index in [0.717, 1.165) is 10.8 Å². The van der Waals surface area contributed by atoms with E-state index >= 15 is 0 Å². The quantitative estimate of drug-likeness (QED) is 0.723. The van der Waals surface area contributed by atoms with Crippen molar-refractivity contribution >= 4 is 26.7 Å². The predicted octanol–water partition coefficient (Wildman–Crippen LogP) is 0.155. The molecule has 4 rings (SSSR count). The Balaban J connectivity index is 1.47. The lowest BCUT2D eigenvalue weighted by molar-refractivity contribution is -0.126. The molecule has 3 N–H and O–H groups in total. The predicted molar refractivity (Wildman–Crippen MR) is 96.5 cm³/mol. The van der Waals surface area contributed by atoms with Crippen molar-refractivity contribution in [3.8, 4) is 0 Å². The van der Waals surface area contributed by atoms with Crippen LogP contribution in [0.3, 0.4) is 0 Å². The number of carbonyl (C=O) groups excluding carboxylic acids is 1. The first-order valence-corrected chi connectivity index (χ1v) is 10.1. The van der Waals surface area contributed by atoms with Crippen molar-refractivity contribution in [3.63, 3.8) is 0 Å². The van der Waals surface area contributed by atoms with Gasteiger partial charge in [-0.2, -0.15) is 0 Å². The number of hydrogen-bond acceptors (Lipinski definition) is 6. The molecule has 9 heteroatoms. The van der Waals surface area contributed by atoms with Gasteiger partial charge in [0.05, 0.1) is 24.2 Å². The largest absolute Gasteiger partial charge is 0.371 e. The van der Waals surface area contributed by atoms with E-state index in [9.17, 15) is 13.2 Å². The van der Waals surface area contributed by atoms with E-state index < -0.39 is 40.3 Å². The number of fused-ring (bicyclic) bond motifs is 2. The van der Waals surface area contributed by atoms with E-state index in [1.807, 2.05) is 24.3 Å². The molecule has 4 atom stereocenters. The fraction of sp³-hybridized carbons (Fsp3) is 0.389. The first-order chi connectivity index (χ1) is 12.9. The number of carbonyl (C=O) groups is 1. The fourth-order valence-corrected chi connectivity index (χ4v) is 4.77. The Kier molecular flexibility index (Phi) is 4.87. The first kappa shape index (κ1) is 18.3. The van der Waals surface area contributed by atoms with E-state index in [4.69, 9.17) is 19.9 Å². The van der Waals surface area contributed by atoms with Crippen LogP contribution < -0.4 is 10.5 Å². The van der Waals surface area contributed by atoms with Gasteiger partial charge in [-0.15, -0.1) is 0 Å². The van der Waals surface area contributed by atoms with Gasteiger partial charge in [-0.25, -0.2) is 13.1 Å². The molecule has 0 bridgehead atoms. The van der Waals surface area contributed by atoms with Gasteiger partial charge in [0.25, 0.3) is 0 Å². The fourth-order valence-electron chi connectivity index (χ4n) is 3.50. The average molecular weight is 392 g/mol. The van der Waals surface area contributed by atoms with E-state index in [1.54, 1.807) is 18.2 Å². The van der Waals surface area contributed by atoms with Gasteiger partial charge in [0.1, 0.15) is 24.9 Å². The Labute approximate surface area is 156 Å². The molecule has 2 saturated heterocycles. The van der Waals surface area contributed by atoms with Gasteiger partial charge in [0.2, 0.25) is 15.9 Å². The molecule has 2 fully saturated rings. The van der Waals surface area contributed by atoms with Crippen molar-refractivity contribution in [2.75, 3.05) is 19.8 Å². The monoisotopic (exact) mass is 392 g/mol. The van der Waals surface area contributed by atoms with Gasteiger partial charge in [0, 0.05) is 0 Å². The second-order valence-electron chi connectivity index (χ2n) is 6.65. The number of sulfonamides is 1. The van der Waals surface area contributed by atoms with Crippen LogP contribution in [0.5, 0.6) is 0 Å². The third-order valence-electron chi connectivity index (χ3n) is 4.79. The number of ether oxygens (including phenoxy) is 3. The number of hydrogen-bond donors (Lipinski definition) is 2. The smallest absolute Gasteiger partial charge is 0.243 e. The lowest BCUT2D eigenvalue weighted by Crippen LogP contribution is -2.44. The number of nitrogens with one attached hydrogen (secondary N) is 1. The van der Waals surface area contributed by atoms with Crippen LogP contribution in [0.25, 0.3) is 10.8 Å². The summed E-state index contributed by atoms with van der Waals surface area (Å²) in [6.07, 6.45) is -1.36. The van der Waals surface area contributed by atoms with Crippen molar-refractivity contribution in [1.82, 2.24) is 4.72 Å². The summed E-state index contributed by atoms with van der Waals surface area (Å²) in [4.78, 5) is 11.1. The Morgan fingerprint density at radius 1 is 1.11 bits per heavy atom. The van der Waals surface area contributed by atoms with E-state index in [2.05, 4.69) is 4.72 Å². The zero-order chi connectivity index (χ0) is 19.0. The third kappa shape index (κ3) is 3.69. The summed E-state index contributed by atoms with van der Waals surface area (Å²) in [5, 5.41) is 1.81. The molecular weight excluding hydrogens is 372 g/mol. The van der Waals surface area contributed by atoms with Crippen LogP contribution >= 0.6 is 0 Å². The maximum atomic E-state index is 12.8. The Morgan fingerprint density at radius 3 is 2.63 bits per heavy atom. The molecule has 2 aliphatic heterocycles. The SMILES string of the molecule is NC(=O)CO[C@@H]1CO[C@H]2[C@@H]1OC[C@@H]2NS(=O)(=O)c1ccc2ccccc2c1. The van der Waals surface area contributed by atoms with Crippen LogP contribution in [0.4, 0.5) is 0 Å². The van der Waals surface area contributed by atoms with Gasteiger partial charge in [-0.05, 0) is 22.9 Å². The van der Waals surface area contributed by atoms with Crippen LogP contribution in [0.1, 0.15) is 0 Å². The summed E-state index contributed by atoms with van der Waals surface area (Å²) in [6.45, 7) is 0.156. The Morgan fingerprint density at radius 2 is 1.85 bits per heavy atom. The molecule has 144 valence electrons. The van der Waals surface area contributed by atoms with Crippen molar-refractivity contribution in [1.29, 1.82) is 0 Å². The van der Waals surface area contributed by atoms with Gasteiger partial charge in [0.15, 0.2) is 0 Å². The zero-order valence-corrected chi connectivity index (χ0v) is 15.2. The van der Waals surface area contributed by atoms with Crippen LogP contribution in [-0.4, -0.2) is 58.5 Å². The first-order valence-electron chi connectivity index (χ1n) is 8.58. The molecule has 1 amide bonds. The van der Waals surface area contributed by atoms with Gasteiger partial charge in [-0.1, -0.05) is 30.3 Å². The van der Waals surface area contributed by atoms with Crippen molar-refractivity contribution < 1.29 is 27.4 Å². The maximum absolute atomic E-state index is 12.8. The highest BCUT2D eigenvalue weighted by molar-refractivity contribution is 7.89. The van der Waals surface area contributed by atoms with Crippen molar-refractivity contribution in [2.45, 2.75) is 29.2 Å². The summed E-state index contributed by atoms with van der Waals surface area (Å²) in [6, 6.07) is 12.0. The third-order valence-corrected chi connectivity index (χ3v) is 6.27. The lowest BCUT2D eigenvalue weighted by atomic mass is 10.1. The lowest BCUT2D eigenvalue weighted by Gasteiger charge is -2.18. The van der Waals surface area contributed by atoms with Gasteiger partial charge >= 0.3 is 0 Å². The van der Waals surface area contributed by atoms with E-state index in [0.29, 0.717) is 0 Å². The molecule has 2 aliphatic rings. The number of benzene rings is 2. The molecule has 2 aromatic carbocycles. The van der Waals surface area contributed by atoms with E-state index in [1.165, 1.54) is 0 Å². The highest BCUT2D eigenvalue weighted by atomic mass is 32.2. The molecular formula is C18H20N2O6S. The van der Waals surface area contributed by atoms with Gasteiger partial charge in [-0.3, -0.25) is 4.79 Å². The summed E-state index contributed by atoms with van der Waals surface area (Å²) < 4.78 is 45.0. The second kappa shape index (κ2) is 7.17. The highest BCUT2D eigenvalue weighted by Crippen LogP contribution is 2.30. The van der Waals surface area contributed by atoms with Crippen LogP contribution in [-0.2, 0) is 29.0 Å². The number of amides is 1. The molecule has 27 heavy (non-hydrogen) atoms. The number of rotatable bonds is 6. The second-order valence-corrected chi connectivity index (χ2v) is 8.36. The van der Waals surface area contributed by atoms with Crippen LogP contribution in [0.15, 0.2) is 47.4 Å². The minimum atomic E-state index is -3.74. The minimum absolute atomic E-state index is 0.165. The minimum Gasteiger partial charge on any atom is -0.371 e. The zero-order valence-electron chi connectivity index (χ0n) is 14.4. The molecule has 0 aromatic heterocycles. The van der Waals surface area contributed by atoms with E-state index in [-0.39, 0.29) is 24.7 Å². The topological polar surface area (TPSA) is 117 Å². The average Bonchev–Trinajstić information content (AvgIpc) is 3.22. The molecule has 2 aromatic rings. The normalized spacial score (nSPS) is 27.7. The molecule has 0 unspecified atom stereocenters. The van der Waals surface area contributed by atoms with Crippen LogP contribution in [0, 0.1) is 0 Å². The molecule has 0 aliphatic carbocycles. The standard InChI is InChI=1S/C18H20N2O6S/c19-16(21)10-24-15-9-26-17-14(8-25-18(15)17)20-27(22,23)13-6-5-11-3-1-2-4-12(11)7-13/h1-7,14-15,17-18,20H,8-10H2,(H2,19,21)/t14-,15+,17+,18+/m0/s1. The van der Waals surface area contributed by atoms with Gasteiger partial charge < -0.3 is 19.9 Å². The Bertz CT molecular complexity index is 963. The molecule has 0 spiro atoms. The van der Waals surface area contributed by atoms with Crippen molar-refractivity contribution in [3.05, 3.63) is 42.5 Å². The Hall–Kier alpha value is -2.04. The summed E-state index contributed by atoms with van der Waals surface area (Å²) in [5.74, 6) is -0.579. The van der Waals surface area contributed by atoms with Crippen molar-refractivity contribution in [2.24, 2.45) is 5.73 Å². The summed E-state index contributed by atoms with van der Waals surface area (Å²) >= 11 is 0. The summed E-state index contributed by atoms with van der Waals surface area (Å²) in [5.41, 5.74) is 5.08. The molecule has 0 saturated carbocycles. The maximum Gasteiger partial charge on any atom is 0.243 e. The molecule has 8 nitrogen and oxygen atoms in total. The molecule has 0 radical (unpaired) electrons. The number of primary amides is 1. The highest BCUT2D eigenvalue weighted by Gasteiger charge is 2.49. The summed E-state index contributed by atoms with van der Waals surface area (Å²) in [7, 11) is -3.74.